The monoisotopic (exact) mass is 144 g/mol. The minimum Gasteiger partial charge on any atom is -0.276 e. The zero-order valence-corrected chi connectivity index (χ0v) is 8.33. The summed E-state index contributed by atoms with van der Waals surface area (Å²) in [5.74, 6) is 0. The fraction of sp³-hybridized carbons (Fsp3) is 1.00. The van der Waals surface area contributed by atoms with Crippen LogP contribution in [0.1, 0.15) is 27.7 Å². The van der Waals surface area contributed by atoms with E-state index in [4.69, 9.17) is 0 Å². The molecule has 0 saturated carbocycles. The lowest BCUT2D eigenvalue weighted by molar-refractivity contribution is 0.884. The van der Waals surface area contributed by atoms with Crippen molar-refractivity contribution in [2.75, 3.05) is 7.05 Å². The Morgan fingerprint density at radius 2 is 1.33 bits per heavy atom. The topological polar surface area (TPSA) is 14.1 Å². The molecule has 0 bridgehead atoms. The lowest BCUT2D eigenvalue weighted by Crippen LogP contribution is -2.30. The van der Waals surface area contributed by atoms with Gasteiger partial charge in [0.1, 0.15) is 8.96 Å². The van der Waals surface area contributed by atoms with Gasteiger partial charge in [-0.2, -0.15) is 0 Å². The summed E-state index contributed by atoms with van der Waals surface area (Å²) >= 11 is 0. The van der Waals surface area contributed by atoms with Crippen LogP contribution in [0.3, 0.4) is 0 Å². The van der Waals surface area contributed by atoms with Gasteiger partial charge in [-0.15, -0.1) is 0 Å². The molecule has 0 aromatic heterocycles. The van der Waals surface area contributed by atoms with Crippen molar-refractivity contribution in [3.05, 3.63) is 0 Å². The minimum atomic E-state index is -0.735. The highest BCUT2D eigenvalue weighted by Crippen LogP contribution is 2.17. The Bertz CT molecular complexity index is 63.3. The lowest BCUT2D eigenvalue weighted by Gasteiger charge is -2.19. The van der Waals surface area contributed by atoms with E-state index in [1.807, 2.05) is 7.05 Å². The smallest absolute Gasteiger partial charge is 0.134 e. The van der Waals surface area contributed by atoms with Crippen LogP contribution in [0, 0.1) is 0 Å². The number of hydrogen-bond donors (Lipinski definition) is 0. The van der Waals surface area contributed by atoms with Gasteiger partial charge in [-0.3, -0.25) is 4.98 Å². The van der Waals surface area contributed by atoms with Crippen LogP contribution in [0.15, 0.2) is 0 Å². The maximum Gasteiger partial charge on any atom is 0.134 e. The molecule has 0 aliphatic carbocycles. The first-order valence-corrected chi connectivity index (χ1v) is 5.53. The third-order valence-corrected chi connectivity index (χ3v) is 4.99. The summed E-state index contributed by atoms with van der Waals surface area (Å²) in [6.07, 6.45) is 0. The van der Waals surface area contributed by atoms with E-state index in [0.29, 0.717) is 0 Å². The summed E-state index contributed by atoms with van der Waals surface area (Å²) in [7, 11) is 1.23. The second kappa shape index (κ2) is 4.07. The van der Waals surface area contributed by atoms with Gasteiger partial charge in [0, 0.05) is 0 Å². The van der Waals surface area contributed by atoms with Gasteiger partial charge < -0.3 is 0 Å². The molecule has 0 unspecified atom stereocenters. The van der Waals surface area contributed by atoms with Crippen LogP contribution in [0.2, 0.25) is 11.1 Å². The Morgan fingerprint density at radius 3 is 1.33 bits per heavy atom. The Hall–Kier alpha value is 0.177. The van der Waals surface area contributed by atoms with Crippen LogP contribution in [0.25, 0.3) is 0 Å². The van der Waals surface area contributed by atoms with Gasteiger partial charge in [0.05, 0.1) is 0 Å². The molecule has 1 radical (unpaired) electrons. The van der Waals surface area contributed by atoms with Gasteiger partial charge in [-0.1, -0.05) is 27.7 Å². The first kappa shape index (κ1) is 9.18. The summed E-state index contributed by atoms with van der Waals surface area (Å²) in [4.78, 5) is 4.43. The molecule has 0 rings (SSSR count). The van der Waals surface area contributed by atoms with Gasteiger partial charge in [0.2, 0.25) is 0 Å². The molecule has 0 atom stereocenters. The Balaban J connectivity index is 3.68. The summed E-state index contributed by atoms with van der Waals surface area (Å²) < 4.78 is 0. The Labute approximate surface area is 60.5 Å². The molecule has 9 heavy (non-hydrogen) atoms. The molecule has 1 nitrogen and oxygen atoms in total. The highest BCUT2D eigenvalue weighted by Gasteiger charge is 2.17. The van der Waals surface area contributed by atoms with Crippen molar-refractivity contribution < 1.29 is 0 Å². The molecule has 0 heterocycles. The average Bonchev–Trinajstić information content (AvgIpc) is 1.64. The van der Waals surface area contributed by atoms with Crippen LogP contribution in [0.5, 0.6) is 0 Å². The first-order chi connectivity index (χ1) is 4.09. The van der Waals surface area contributed by atoms with Gasteiger partial charge >= 0.3 is 0 Å². The van der Waals surface area contributed by atoms with E-state index >= 15 is 0 Å². The lowest BCUT2D eigenvalue weighted by atomic mass is 10.5. The SMILES string of the molecule is C[N][SiH](C(C)C)C(C)C. The molecule has 0 aliphatic heterocycles. The summed E-state index contributed by atoms with van der Waals surface area (Å²) in [6, 6.07) is 0. The molecule has 0 amide bonds. The zero-order valence-electron chi connectivity index (χ0n) is 7.18. The van der Waals surface area contributed by atoms with Crippen molar-refractivity contribution in [1.82, 2.24) is 4.98 Å². The van der Waals surface area contributed by atoms with Gasteiger partial charge in [0.15, 0.2) is 0 Å². The van der Waals surface area contributed by atoms with E-state index in [-0.39, 0.29) is 0 Å². The van der Waals surface area contributed by atoms with E-state index < -0.39 is 8.96 Å². The first-order valence-electron chi connectivity index (χ1n) is 3.68. The van der Waals surface area contributed by atoms with E-state index in [1.165, 1.54) is 0 Å². The fourth-order valence-electron chi connectivity index (χ4n) is 1.37. The molecule has 0 aromatic rings. The molecule has 0 N–H and O–H groups in total. The molecule has 0 saturated heterocycles. The normalized spacial score (nSPS) is 12.0. The van der Waals surface area contributed by atoms with Crippen molar-refractivity contribution in [2.45, 2.75) is 38.8 Å². The molecule has 0 spiro atoms. The molecular weight excluding hydrogens is 126 g/mol. The van der Waals surface area contributed by atoms with Crippen LogP contribution in [0.4, 0.5) is 0 Å². The Morgan fingerprint density at radius 1 is 1.00 bits per heavy atom. The van der Waals surface area contributed by atoms with Crippen LogP contribution >= 0.6 is 0 Å². The average molecular weight is 144 g/mol. The van der Waals surface area contributed by atoms with Crippen molar-refractivity contribution in [3.8, 4) is 0 Å². The van der Waals surface area contributed by atoms with Crippen LogP contribution < -0.4 is 4.98 Å². The summed E-state index contributed by atoms with van der Waals surface area (Å²) in [6.45, 7) is 9.13. The number of hydrogen-bond acceptors (Lipinski definition) is 0. The third kappa shape index (κ3) is 3.01. The predicted molar refractivity (Wildman–Crippen MR) is 45.4 cm³/mol. The fourth-order valence-corrected chi connectivity index (χ4v) is 4.10. The maximum atomic E-state index is 4.43. The molecule has 0 aromatic carbocycles. The van der Waals surface area contributed by atoms with Gasteiger partial charge in [0.25, 0.3) is 0 Å². The van der Waals surface area contributed by atoms with Crippen LogP contribution in [-0.2, 0) is 0 Å². The molecule has 2 heteroatoms. The minimum absolute atomic E-state index is 0.735. The van der Waals surface area contributed by atoms with Crippen molar-refractivity contribution in [2.24, 2.45) is 0 Å². The van der Waals surface area contributed by atoms with E-state index in [0.717, 1.165) is 11.1 Å². The largest absolute Gasteiger partial charge is 0.276 e. The summed E-state index contributed by atoms with van der Waals surface area (Å²) in [5.41, 5.74) is 1.66. The number of rotatable bonds is 3. The second-order valence-corrected chi connectivity index (χ2v) is 7.40. The molecule has 0 fully saturated rings. The Kier molecular flexibility index (Phi) is 4.15. The standard InChI is InChI=1S/C7H18NSi/c1-6(2)9(8-5)7(3)4/h6-7,9H,1-5H3. The van der Waals surface area contributed by atoms with E-state index in [1.54, 1.807) is 0 Å². The molecular formula is C7H18NSi. The highest BCUT2D eigenvalue weighted by molar-refractivity contribution is 6.58. The van der Waals surface area contributed by atoms with Gasteiger partial charge in [-0.05, 0) is 18.1 Å². The zero-order chi connectivity index (χ0) is 7.44. The number of nitrogens with zero attached hydrogens (tertiary/aromatic N) is 1. The maximum absolute atomic E-state index is 4.43. The van der Waals surface area contributed by atoms with E-state index in [9.17, 15) is 0 Å². The van der Waals surface area contributed by atoms with Crippen molar-refractivity contribution in [3.63, 3.8) is 0 Å². The van der Waals surface area contributed by atoms with Gasteiger partial charge in [-0.25, -0.2) is 0 Å². The third-order valence-electron chi connectivity index (χ3n) is 1.66. The second-order valence-electron chi connectivity index (χ2n) is 3.24. The molecule has 0 aliphatic rings. The highest BCUT2D eigenvalue weighted by atomic mass is 28.3. The quantitative estimate of drug-likeness (QED) is 0.536. The molecule has 55 valence electrons. The van der Waals surface area contributed by atoms with Crippen molar-refractivity contribution >= 4 is 8.96 Å². The summed E-state index contributed by atoms with van der Waals surface area (Å²) in [5, 5.41) is 0. The van der Waals surface area contributed by atoms with E-state index in [2.05, 4.69) is 32.7 Å². The predicted octanol–water partition coefficient (Wildman–Crippen LogP) is 1.76. The van der Waals surface area contributed by atoms with Crippen LogP contribution in [-0.4, -0.2) is 16.0 Å². The van der Waals surface area contributed by atoms with Crippen molar-refractivity contribution in [1.29, 1.82) is 0 Å².